The molecule has 0 bridgehead atoms. The predicted molar refractivity (Wildman–Crippen MR) is 109 cm³/mol. The molecule has 0 spiro atoms. The maximum Gasteiger partial charge on any atom is 0.228 e. The Morgan fingerprint density at radius 2 is 1.96 bits per heavy atom. The van der Waals surface area contributed by atoms with Crippen LogP contribution in [0.1, 0.15) is 44.2 Å². The average Bonchev–Trinajstić information content (AvgIpc) is 2.73. The molecule has 0 aliphatic carbocycles. The molecule has 6 nitrogen and oxygen atoms in total. The van der Waals surface area contributed by atoms with Crippen LogP contribution in [0.4, 0.5) is 0 Å². The molecule has 0 saturated carbocycles. The molecule has 28 heavy (non-hydrogen) atoms. The fraction of sp³-hybridized carbons (Fsp3) is 0.636. The zero-order valence-corrected chi connectivity index (χ0v) is 17.6. The number of carbonyl (C=O) groups excluding carboxylic acids is 2. The van der Waals surface area contributed by atoms with Crippen LogP contribution in [0.15, 0.2) is 24.3 Å². The molecule has 154 valence electrons. The van der Waals surface area contributed by atoms with Crippen molar-refractivity contribution in [3.05, 3.63) is 29.8 Å². The van der Waals surface area contributed by atoms with E-state index in [-0.39, 0.29) is 29.8 Å². The molecular formula is C22H33N3O3. The number of ether oxygens (including phenoxy) is 1. The van der Waals surface area contributed by atoms with Gasteiger partial charge < -0.3 is 19.4 Å². The van der Waals surface area contributed by atoms with Crippen LogP contribution in [0.2, 0.25) is 0 Å². The maximum atomic E-state index is 13.5. The molecule has 1 aromatic rings. The van der Waals surface area contributed by atoms with Crippen LogP contribution in [0.5, 0.6) is 5.75 Å². The molecule has 2 heterocycles. The van der Waals surface area contributed by atoms with Crippen LogP contribution in [0.3, 0.4) is 0 Å². The van der Waals surface area contributed by atoms with E-state index in [0.29, 0.717) is 19.4 Å². The molecule has 2 fully saturated rings. The van der Waals surface area contributed by atoms with Gasteiger partial charge in [-0.25, -0.2) is 0 Å². The number of carbonyl (C=O) groups is 2. The Morgan fingerprint density at radius 1 is 1.25 bits per heavy atom. The monoisotopic (exact) mass is 387 g/mol. The second-order valence-electron chi connectivity index (χ2n) is 8.03. The third kappa shape index (κ3) is 4.17. The second kappa shape index (κ2) is 8.95. The highest BCUT2D eigenvalue weighted by Crippen LogP contribution is 2.39. The minimum absolute atomic E-state index is 0.126. The molecule has 0 unspecified atom stereocenters. The molecule has 2 aliphatic heterocycles. The molecular weight excluding hydrogens is 354 g/mol. The molecule has 3 rings (SSSR count). The number of methoxy groups -OCH3 is 1. The van der Waals surface area contributed by atoms with Gasteiger partial charge in [0.15, 0.2) is 0 Å². The summed E-state index contributed by atoms with van der Waals surface area (Å²) in [6, 6.07) is 7.84. The minimum Gasteiger partial charge on any atom is -0.497 e. The fourth-order valence-electron chi connectivity index (χ4n) is 4.65. The lowest BCUT2D eigenvalue weighted by atomic mass is 9.82. The highest BCUT2D eigenvalue weighted by molar-refractivity contribution is 5.85. The Bertz CT molecular complexity index is 700. The first-order chi connectivity index (χ1) is 13.5. The van der Waals surface area contributed by atoms with Crippen molar-refractivity contribution in [2.45, 2.75) is 44.7 Å². The van der Waals surface area contributed by atoms with Crippen LogP contribution >= 0.6 is 0 Å². The van der Waals surface area contributed by atoms with Crippen LogP contribution in [0, 0.1) is 5.92 Å². The number of rotatable bonds is 5. The number of hydrogen-bond donors (Lipinski definition) is 0. The van der Waals surface area contributed by atoms with Gasteiger partial charge in [0.25, 0.3) is 0 Å². The van der Waals surface area contributed by atoms with Crippen molar-refractivity contribution < 1.29 is 14.3 Å². The summed E-state index contributed by atoms with van der Waals surface area (Å²) in [5.74, 6) is 0.825. The van der Waals surface area contributed by atoms with E-state index in [1.54, 1.807) is 7.11 Å². The van der Waals surface area contributed by atoms with E-state index in [1.807, 2.05) is 48.0 Å². The number of piperidine rings is 2. The summed E-state index contributed by atoms with van der Waals surface area (Å²) in [5.41, 5.74) is 0.976. The van der Waals surface area contributed by atoms with Crippen molar-refractivity contribution in [2.75, 3.05) is 40.8 Å². The van der Waals surface area contributed by atoms with E-state index in [0.717, 1.165) is 37.2 Å². The van der Waals surface area contributed by atoms with E-state index >= 15 is 0 Å². The van der Waals surface area contributed by atoms with E-state index < -0.39 is 0 Å². The highest BCUT2D eigenvalue weighted by atomic mass is 16.5. The maximum absolute atomic E-state index is 13.5. The van der Waals surface area contributed by atoms with Gasteiger partial charge in [-0.2, -0.15) is 0 Å². The normalized spacial score (nSPS) is 24.3. The topological polar surface area (TPSA) is 53.1 Å². The lowest BCUT2D eigenvalue weighted by Crippen LogP contribution is -2.51. The van der Waals surface area contributed by atoms with Crippen LogP contribution in [0.25, 0.3) is 0 Å². The van der Waals surface area contributed by atoms with Gasteiger partial charge in [0.1, 0.15) is 5.75 Å². The summed E-state index contributed by atoms with van der Waals surface area (Å²) in [7, 11) is 5.70. The Morgan fingerprint density at radius 3 is 2.61 bits per heavy atom. The van der Waals surface area contributed by atoms with Crippen LogP contribution < -0.4 is 4.74 Å². The first kappa shape index (κ1) is 20.6. The molecule has 6 heteroatoms. The third-order valence-corrected chi connectivity index (χ3v) is 6.38. The largest absolute Gasteiger partial charge is 0.497 e. The predicted octanol–water partition coefficient (Wildman–Crippen LogP) is 2.55. The highest BCUT2D eigenvalue weighted by Gasteiger charge is 2.42. The van der Waals surface area contributed by atoms with Crippen LogP contribution in [-0.4, -0.2) is 73.4 Å². The summed E-state index contributed by atoms with van der Waals surface area (Å²) in [4.78, 5) is 32.3. The van der Waals surface area contributed by atoms with Gasteiger partial charge in [-0.15, -0.1) is 0 Å². The molecule has 2 amide bonds. The molecule has 0 N–H and O–H groups in total. The van der Waals surface area contributed by atoms with Crippen molar-refractivity contribution in [1.29, 1.82) is 0 Å². The van der Waals surface area contributed by atoms with E-state index in [1.165, 1.54) is 0 Å². The zero-order valence-electron chi connectivity index (χ0n) is 17.6. The third-order valence-electron chi connectivity index (χ3n) is 6.38. The molecule has 2 saturated heterocycles. The smallest absolute Gasteiger partial charge is 0.228 e. The summed E-state index contributed by atoms with van der Waals surface area (Å²) >= 11 is 0. The molecule has 0 aromatic heterocycles. The number of likely N-dealkylation sites (tertiary alicyclic amines) is 2. The molecule has 0 radical (unpaired) electrons. The van der Waals surface area contributed by atoms with Crippen molar-refractivity contribution in [1.82, 2.24) is 14.7 Å². The van der Waals surface area contributed by atoms with Gasteiger partial charge in [0.2, 0.25) is 11.8 Å². The summed E-state index contributed by atoms with van der Waals surface area (Å²) in [6.45, 7) is 4.62. The fourth-order valence-corrected chi connectivity index (χ4v) is 4.65. The average molecular weight is 388 g/mol. The van der Waals surface area contributed by atoms with Gasteiger partial charge >= 0.3 is 0 Å². The lowest BCUT2D eigenvalue weighted by molar-refractivity contribution is -0.148. The SMILES string of the molecule is CCN1C(=O)CC[C@@H](C(=O)N(C)C2CCN(C)CC2)[C@@H]1c1cccc(OC)c1. The Hall–Kier alpha value is -2.08. The van der Waals surface area contributed by atoms with E-state index in [9.17, 15) is 9.59 Å². The van der Waals surface area contributed by atoms with Crippen molar-refractivity contribution >= 4 is 11.8 Å². The zero-order chi connectivity index (χ0) is 20.3. The van der Waals surface area contributed by atoms with E-state index in [4.69, 9.17) is 4.74 Å². The molecule has 1 aromatic carbocycles. The first-order valence-electron chi connectivity index (χ1n) is 10.3. The Kier molecular flexibility index (Phi) is 6.60. The lowest BCUT2D eigenvalue weighted by Gasteiger charge is -2.43. The van der Waals surface area contributed by atoms with Crippen molar-refractivity contribution in [3.63, 3.8) is 0 Å². The van der Waals surface area contributed by atoms with E-state index in [2.05, 4.69) is 11.9 Å². The minimum atomic E-state index is -0.234. The van der Waals surface area contributed by atoms with Crippen molar-refractivity contribution in [3.8, 4) is 5.75 Å². The van der Waals surface area contributed by atoms with Crippen LogP contribution in [-0.2, 0) is 9.59 Å². The summed E-state index contributed by atoms with van der Waals surface area (Å²) in [5, 5.41) is 0. The van der Waals surface area contributed by atoms with Gasteiger partial charge in [0.05, 0.1) is 19.1 Å². The first-order valence-corrected chi connectivity index (χ1v) is 10.3. The second-order valence-corrected chi connectivity index (χ2v) is 8.03. The number of nitrogens with zero attached hydrogens (tertiary/aromatic N) is 3. The Balaban J connectivity index is 1.87. The quantitative estimate of drug-likeness (QED) is 0.779. The summed E-state index contributed by atoms with van der Waals surface area (Å²) in [6.07, 6.45) is 3.05. The number of amides is 2. The number of hydrogen-bond acceptors (Lipinski definition) is 4. The Labute approximate surface area is 168 Å². The standard InChI is InChI=1S/C22H33N3O3/c1-5-25-20(26)10-9-19(21(25)16-7-6-8-18(15-16)28-4)22(27)24(3)17-11-13-23(2)14-12-17/h6-8,15,17,19,21H,5,9-14H2,1-4H3/t19-,21+/m1/s1. The van der Waals surface area contributed by atoms with Gasteiger partial charge in [-0.3, -0.25) is 9.59 Å². The van der Waals surface area contributed by atoms with Gasteiger partial charge in [-0.1, -0.05) is 12.1 Å². The van der Waals surface area contributed by atoms with Gasteiger partial charge in [0, 0.05) is 26.1 Å². The summed E-state index contributed by atoms with van der Waals surface area (Å²) < 4.78 is 5.39. The van der Waals surface area contributed by atoms with Gasteiger partial charge in [-0.05, 0) is 64.0 Å². The molecule has 2 aliphatic rings. The van der Waals surface area contributed by atoms with Crippen molar-refractivity contribution in [2.24, 2.45) is 5.92 Å². The number of benzene rings is 1. The molecule has 2 atom stereocenters.